The molecular weight excluding hydrogens is 609 g/mol. The zero-order valence-corrected chi connectivity index (χ0v) is 27.0. The molecule has 0 nitrogen and oxygen atoms in total. The first-order valence-corrected chi connectivity index (χ1v) is 17.4. The Hall–Kier alpha value is 0.0800. The van der Waals surface area contributed by atoms with Gasteiger partial charge < -0.3 is 0 Å². The van der Waals surface area contributed by atoms with E-state index in [2.05, 4.69) is 65.1 Å². The number of rotatable bonds is 1. The van der Waals surface area contributed by atoms with Crippen LogP contribution in [0.2, 0.25) is 28.2 Å². The largest absolute Gasteiger partial charge is 0.150 e. The topological polar surface area (TPSA) is 0 Å². The second-order valence-electron chi connectivity index (χ2n) is 7.88. The third-order valence-corrected chi connectivity index (χ3v) is 6.01. The number of hydrogen-bond acceptors (Lipinski definition) is 0. The summed E-state index contributed by atoms with van der Waals surface area (Å²) in [5, 5.41) is 4.01. The molecule has 3 aromatic carbocycles. The first kappa shape index (κ1) is 33.1. The van der Waals surface area contributed by atoms with Crippen LogP contribution < -0.4 is 0 Å². The van der Waals surface area contributed by atoms with Gasteiger partial charge in [-0.15, -0.1) is 78.4 Å². The molecule has 176 valence electrons. The van der Waals surface area contributed by atoms with Crippen LogP contribution in [-0.2, 0) is 23.3 Å². The molecule has 1 unspecified atom stereocenters. The van der Waals surface area contributed by atoms with Gasteiger partial charge in [0.15, 0.2) is 0 Å². The first-order chi connectivity index (χ1) is 14.5. The monoisotopic (exact) mass is 634 g/mol. The average Bonchev–Trinajstić information content (AvgIpc) is 3.18. The van der Waals surface area contributed by atoms with Gasteiger partial charge in [0.2, 0.25) is 0 Å². The van der Waals surface area contributed by atoms with Crippen molar-refractivity contribution < 1.29 is 23.3 Å². The molecule has 0 saturated carbocycles. The van der Waals surface area contributed by atoms with E-state index in [1.165, 1.54) is 22.1 Å². The Balaban J connectivity index is 0.000000580. The van der Waals surface area contributed by atoms with Gasteiger partial charge in [-0.3, -0.25) is 6.08 Å². The van der Waals surface area contributed by atoms with Crippen LogP contribution in [0.4, 0.5) is 0 Å². The van der Waals surface area contributed by atoms with Crippen LogP contribution in [0.15, 0.2) is 65.3 Å². The summed E-state index contributed by atoms with van der Waals surface area (Å²) < 4.78 is 0. The van der Waals surface area contributed by atoms with Crippen molar-refractivity contribution in [2.45, 2.75) is 40.8 Å². The molecule has 1 atom stereocenters. The summed E-state index contributed by atoms with van der Waals surface area (Å²) in [5.74, 6) is 0.560. The molecule has 1 aliphatic rings. The van der Waals surface area contributed by atoms with Crippen molar-refractivity contribution >= 4 is 75.8 Å². The van der Waals surface area contributed by atoms with Crippen LogP contribution >= 0.6 is 59.6 Å². The van der Waals surface area contributed by atoms with E-state index in [-0.39, 0.29) is 30.2 Å². The zero-order valence-electron chi connectivity index (χ0n) is 19.6. The normalized spacial score (nSPS) is 14.3. The van der Waals surface area contributed by atoms with Gasteiger partial charge in [0.05, 0.1) is 0 Å². The molecule has 0 bridgehead atoms. The predicted molar refractivity (Wildman–Crippen MR) is 152 cm³/mol. The fourth-order valence-electron chi connectivity index (χ4n) is 3.33. The molecule has 0 radical (unpaired) electrons. The van der Waals surface area contributed by atoms with Gasteiger partial charge in [0.1, 0.15) is 0 Å². The van der Waals surface area contributed by atoms with E-state index in [0.29, 0.717) is 21.0 Å². The fourth-order valence-corrected chi connectivity index (χ4v) is 4.35. The Labute approximate surface area is 241 Å². The second kappa shape index (κ2) is 15.2. The van der Waals surface area contributed by atoms with Gasteiger partial charge in [-0.05, 0) is 17.7 Å². The molecule has 0 amide bonds. The van der Waals surface area contributed by atoms with Gasteiger partial charge in [-0.2, -0.15) is 11.1 Å². The zero-order chi connectivity index (χ0) is 23.3. The van der Waals surface area contributed by atoms with Gasteiger partial charge in [0.25, 0.3) is 0 Å². The minimum absolute atomic E-state index is 0. The van der Waals surface area contributed by atoms with Crippen LogP contribution in [0.5, 0.6) is 0 Å². The molecule has 0 aliphatic heterocycles. The molecule has 0 aromatic heterocycles. The van der Waals surface area contributed by atoms with Gasteiger partial charge >= 0.3 is 41.9 Å². The van der Waals surface area contributed by atoms with E-state index in [9.17, 15) is 0 Å². The maximum Gasteiger partial charge on any atom is 0.0435 e. The van der Waals surface area contributed by atoms with Crippen molar-refractivity contribution in [3.8, 4) is 11.1 Å². The van der Waals surface area contributed by atoms with Crippen molar-refractivity contribution in [1.82, 2.24) is 0 Å². The molecular formula is C26H29Cl5SiZr. The summed E-state index contributed by atoms with van der Waals surface area (Å²) in [6, 6.07) is 15.7. The van der Waals surface area contributed by atoms with E-state index < -0.39 is 0 Å². The summed E-state index contributed by atoms with van der Waals surface area (Å²) in [6.45, 7) is 13.3. The first-order valence-electron chi connectivity index (χ1n) is 10.1. The fraction of sp³-hybridized carbons (Fsp3) is 0.269. The van der Waals surface area contributed by atoms with Crippen LogP contribution in [0.3, 0.4) is 0 Å². The molecule has 0 spiro atoms. The third-order valence-electron chi connectivity index (χ3n) is 5.19. The number of hydrogen-bond donors (Lipinski definition) is 0. The Morgan fingerprint density at radius 3 is 1.91 bits per heavy atom. The summed E-state index contributed by atoms with van der Waals surface area (Å²) in [7, 11) is 0. The van der Waals surface area contributed by atoms with E-state index >= 15 is 0 Å². The quantitative estimate of drug-likeness (QED) is 0.184. The molecule has 3 aromatic rings. The number of benzene rings is 2. The van der Waals surface area contributed by atoms with Crippen LogP contribution in [-0.4, -0.2) is 5.43 Å². The van der Waals surface area contributed by atoms with E-state index in [0.717, 1.165) is 16.5 Å². The predicted octanol–water partition coefficient (Wildman–Crippen LogP) is 10.5. The summed E-state index contributed by atoms with van der Waals surface area (Å²) in [4.78, 5) is 0. The van der Waals surface area contributed by atoms with Crippen molar-refractivity contribution in [3.63, 3.8) is 0 Å². The molecule has 1 aliphatic carbocycles. The smallest absolute Gasteiger partial charge is 0.0435 e. The average molecular weight is 638 g/mol. The molecule has 0 fully saturated rings. The molecule has 0 saturated heterocycles. The molecule has 0 heterocycles. The Bertz CT molecular complexity index is 1130. The standard InChI is InChI=1S/C15H8Cl3.C9H13.C2H6Si.2ClH.Zr/c16-10-7-13(17)15(14(18)8-10)12-6-5-9-3-1-2-4-11(9)12;1-6-5-7(2)9(4)8(6)3;1-3-2;;;/h1-8H;6H,1-4H3;1-2H3;2*1H;/q2*-1;;;;+2. The minimum atomic E-state index is 0. The van der Waals surface area contributed by atoms with E-state index in [1.54, 1.807) is 35.5 Å². The maximum atomic E-state index is 6.26. The minimum Gasteiger partial charge on any atom is -0.150 e. The molecule has 4 rings (SSSR count). The Morgan fingerprint density at radius 2 is 1.48 bits per heavy atom. The van der Waals surface area contributed by atoms with Crippen LogP contribution in [0.1, 0.15) is 27.7 Å². The van der Waals surface area contributed by atoms with Crippen LogP contribution in [0.25, 0.3) is 21.9 Å². The summed E-state index contributed by atoms with van der Waals surface area (Å²) in [5.41, 5.74) is 6.33. The number of fused-ring (bicyclic) bond motifs is 1. The van der Waals surface area contributed by atoms with Crippen molar-refractivity contribution in [1.29, 1.82) is 0 Å². The van der Waals surface area contributed by atoms with Gasteiger partial charge in [0, 0.05) is 15.1 Å². The molecule has 0 N–H and O–H groups in total. The maximum absolute atomic E-state index is 6.26. The number of halogens is 5. The van der Waals surface area contributed by atoms with Crippen LogP contribution in [0, 0.1) is 12.0 Å². The number of allylic oxidation sites excluding steroid dienone is 4. The molecule has 7 heteroatoms. The van der Waals surface area contributed by atoms with Gasteiger partial charge in [-0.1, -0.05) is 67.6 Å². The van der Waals surface area contributed by atoms with Crippen molar-refractivity contribution in [2.75, 3.05) is 0 Å². The summed E-state index contributed by atoms with van der Waals surface area (Å²) >= 11 is 20.2. The van der Waals surface area contributed by atoms with Crippen molar-refractivity contribution in [3.05, 3.63) is 86.4 Å². The molecule has 33 heavy (non-hydrogen) atoms. The van der Waals surface area contributed by atoms with E-state index in [4.69, 9.17) is 34.8 Å². The summed E-state index contributed by atoms with van der Waals surface area (Å²) in [6.07, 6.45) is 3.36. The van der Waals surface area contributed by atoms with Crippen molar-refractivity contribution in [2.24, 2.45) is 5.92 Å². The van der Waals surface area contributed by atoms with E-state index in [1.807, 2.05) is 18.2 Å². The Kier molecular flexibility index (Phi) is 15.3. The SMILES string of the molecule is CC1=[C-]C(C)C(C)=C1C.C[Si](C)=[Zr+2].Cl.Cl.Clc1cc(Cl)c(-c2c[cH-]c3ccccc23)c(Cl)c1. The second-order valence-corrected chi connectivity index (χ2v) is 18.5. The third kappa shape index (κ3) is 9.23. The van der Waals surface area contributed by atoms with Gasteiger partial charge in [-0.25, -0.2) is 5.57 Å². The Morgan fingerprint density at radius 1 is 0.970 bits per heavy atom.